The van der Waals surface area contributed by atoms with E-state index in [1.807, 2.05) is 12.3 Å². The van der Waals surface area contributed by atoms with Gasteiger partial charge in [0.25, 0.3) is 0 Å². The van der Waals surface area contributed by atoms with E-state index in [-0.39, 0.29) is 5.69 Å². The predicted molar refractivity (Wildman–Crippen MR) is 59.2 cm³/mol. The molecule has 0 atom stereocenters. The van der Waals surface area contributed by atoms with Crippen LogP contribution in [0, 0.1) is 6.92 Å². The maximum Gasteiger partial charge on any atom is 0.358 e. The molecule has 0 aliphatic carbocycles. The molecular weight excluding hydrogens is 282 g/mol. The van der Waals surface area contributed by atoms with Crippen LogP contribution in [0.5, 0.6) is 0 Å². The molecule has 0 aromatic carbocycles. The van der Waals surface area contributed by atoms with E-state index in [0.29, 0.717) is 5.76 Å². The van der Waals surface area contributed by atoms with Crippen molar-refractivity contribution in [2.24, 2.45) is 0 Å². The van der Waals surface area contributed by atoms with Gasteiger partial charge in [0.2, 0.25) is 0 Å². The number of aromatic carboxylic acids is 1. The average molecular weight is 288 g/mol. The van der Waals surface area contributed by atoms with E-state index < -0.39 is 5.97 Å². The number of aromatic nitrogens is 1. The van der Waals surface area contributed by atoms with Crippen LogP contribution in [0.2, 0.25) is 0 Å². The fourth-order valence-corrected chi connectivity index (χ4v) is 2.71. The molecule has 0 bridgehead atoms. The number of hydrogen-bond acceptors (Lipinski definition) is 4. The Morgan fingerprint density at radius 1 is 1.67 bits per heavy atom. The molecule has 2 heterocycles. The van der Waals surface area contributed by atoms with Crippen molar-refractivity contribution in [1.29, 1.82) is 0 Å². The van der Waals surface area contributed by atoms with Crippen molar-refractivity contribution >= 4 is 33.2 Å². The highest BCUT2D eigenvalue weighted by Crippen LogP contribution is 2.36. The zero-order valence-electron chi connectivity index (χ0n) is 7.65. The zero-order chi connectivity index (χ0) is 11.0. The smallest absolute Gasteiger partial charge is 0.358 e. The van der Waals surface area contributed by atoms with E-state index in [0.717, 1.165) is 14.9 Å². The summed E-state index contributed by atoms with van der Waals surface area (Å²) >= 11 is 4.89. The van der Waals surface area contributed by atoms with Crippen molar-refractivity contribution in [2.75, 3.05) is 0 Å². The molecule has 0 fully saturated rings. The van der Waals surface area contributed by atoms with E-state index in [1.54, 1.807) is 0 Å². The summed E-state index contributed by atoms with van der Waals surface area (Å²) in [7, 11) is 0. The molecule has 4 nitrogen and oxygen atoms in total. The summed E-state index contributed by atoms with van der Waals surface area (Å²) in [6, 6.07) is 1.42. The number of nitrogens with zero attached hydrogens (tertiary/aromatic N) is 1. The van der Waals surface area contributed by atoms with Gasteiger partial charge in [0.1, 0.15) is 0 Å². The van der Waals surface area contributed by atoms with Gasteiger partial charge in [-0.2, -0.15) is 0 Å². The third-order valence-corrected chi connectivity index (χ3v) is 4.25. The minimum Gasteiger partial charge on any atom is -0.476 e. The highest BCUT2D eigenvalue weighted by atomic mass is 79.9. The number of thiophene rings is 1. The first-order valence-electron chi connectivity index (χ1n) is 4.03. The first-order valence-corrected chi connectivity index (χ1v) is 5.71. The van der Waals surface area contributed by atoms with E-state index in [2.05, 4.69) is 21.1 Å². The molecule has 0 radical (unpaired) electrons. The summed E-state index contributed by atoms with van der Waals surface area (Å²) in [5, 5.41) is 14.1. The molecule has 1 N–H and O–H groups in total. The third-order valence-electron chi connectivity index (χ3n) is 1.85. The average Bonchev–Trinajstić information content (AvgIpc) is 2.76. The highest BCUT2D eigenvalue weighted by molar-refractivity contribution is 9.10. The van der Waals surface area contributed by atoms with Crippen molar-refractivity contribution in [2.45, 2.75) is 6.92 Å². The summed E-state index contributed by atoms with van der Waals surface area (Å²) in [5.41, 5.74) is 1.01. The number of rotatable bonds is 2. The van der Waals surface area contributed by atoms with Gasteiger partial charge < -0.3 is 9.63 Å². The van der Waals surface area contributed by atoms with Crippen LogP contribution in [0.3, 0.4) is 0 Å². The van der Waals surface area contributed by atoms with E-state index in [1.165, 1.54) is 17.4 Å². The van der Waals surface area contributed by atoms with Crippen LogP contribution < -0.4 is 0 Å². The topological polar surface area (TPSA) is 63.3 Å². The molecule has 0 amide bonds. The minimum absolute atomic E-state index is 0.0806. The van der Waals surface area contributed by atoms with Crippen LogP contribution in [-0.4, -0.2) is 16.2 Å². The van der Waals surface area contributed by atoms with E-state index in [9.17, 15) is 4.79 Å². The van der Waals surface area contributed by atoms with Gasteiger partial charge in [-0.25, -0.2) is 4.79 Å². The molecule has 0 saturated carbocycles. The van der Waals surface area contributed by atoms with Gasteiger partial charge in [0.15, 0.2) is 11.5 Å². The second kappa shape index (κ2) is 3.79. The molecule has 0 aliphatic heterocycles. The Bertz CT molecular complexity index is 517. The molecule has 0 aliphatic rings. The van der Waals surface area contributed by atoms with Gasteiger partial charge in [-0.3, -0.25) is 0 Å². The first kappa shape index (κ1) is 10.4. The highest BCUT2D eigenvalue weighted by Gasteiger charge is 2.16. The summed E-state index contributed by atoms with van der Waals surface area (Å²) in [6.07, 6.45) is 0. The van der Waals surface area contributed by atoms with Crippen molar-refractivity contribution in [3.05, 3.63) is 27.2 Å². The number of halogens is 1. The van der Waals surface area contributed by atoms with Gasteiger partial charge in [-0.15, -0.1) is 11.3 Å². The normalized spacial score (nSPS) is 10.5. The molecule has 78 valence electrons. The monoisotopic (exact) mass is 287 g/mol. The first-order chi connectivity index (χ1) is 7.09. The second-order valence-corrected chi connectivity index (χ2v) is 4.62. The molecule has 0 spiro atoms. The Labute approximate surface area is 97.6 Å². The molecule has 0 unspecified atom stereocenters. The van der Waals surface area contributed by atoms with Crippen molar-refractivity contribution in [3.63, 3.8) is 0 Å². The van der Waals surface area contributed by atoms with Crippen molar-refractivity contribution in [1.82, 2.24) is 5.16 Å². The Hall–Kier alpha value is -1.14. The van der Waals surface area contributed by atoms with Crippen LogP contribution in [0.4, 0.5) is 0 Å². The largest absolute Gasteiger partial charge is 0.476 e. The van der Waals surface area contributed by atoms with Gasteiger partial charge in [0.05, 0.1) is 4.88 Å². The molecule has 2 aromatic rings. The quantitative estimate of drug-likeness (QED) is 0.921. The molecule has 2 aromatic heterocycles. The summed E-state index contributed by atoms with van der Waals surface area (Å²) in [4.78, 5) is 11.5. The van der Waals surface area contributed by atoms with Crippen LogP contribution in [0.15, 0.2) is 20.4 Å². The number of carbonyl (C=O) groups is 1. The second-order valence-electron chi connectivity index (χ2n) is 2.94. The lowest BCUT2D eigenvalue weighted by atomic mass is 10.3. The molecule has 6 heteroatoms. The Morgan fingerprint density at radius 2 is 2.40 bits per heavy atom. The number of carboxylic acids is 1. The van der Waals surface area contributed by atoms with Gasteiger partial charge in [-0.1, -0.05) is 5.16 Å². The Morgan fingerprint density at radius 3 is 2.87 bits per heavy atom. The zero-order valence-corrected chi connectivity index (χ0v) is 10.1. The molecular formula is C9H6BrNO3S. The van der Waals surface area contributed by atoms with Crippen molar-refractivity contribution < 1.29 is 14.4 Å². The lowest BCUT2D eigenvalue weighted by Crippen LogP contribution is -1.94. The fraction of sp³-hybridized carbons (Fsp3) is 0.111. The van der Waals surface area contributed by atoms with Gasteiger partial charge >= 0.3 is 5.97 Å². The standard InChI is InChI=1S/C9H6BrNO3S/c1-4-3-15-8(7(4)10)6-2-5(9(12)13)11-14-6/h2-3H,1H3,(H,12,13). The fourth-order valence-electron chi connectivity index (χ4n) is 1.08. The summed E-state index contributed by atoms with van der Waals surface area (Å²) in [6.45, 7) is 1.96. The number of hydrogen-bond donors (Lipinski definition) is 1. The lowest BCUT2D eigenvalue weighted by molar-refractivity contribution is 0.0686. The third kappa shape index (κ3) is 1.82. The van der Waals surface area contributed by atoms with Gasteiger partial charge in [0, 0.05) is 10.5 Å². The number of aryl methyl sites for hydroxylation is 1. The van der Waals surface area contributed by atoms with E-state index in [4.69, 9.17) is 9.63 Å². The Balaban J connectivity index is 2.46. The summed E-state index contributed by atoms with van der Waals surface area (Å²) < 4.78 is 5.87. The van der Waals surface area contributed by atoms with Crippen LogP contribution >= 0.6 is 27.3 Å². The minimum atomic E-state index is -1.09. The lowest BCUT2D eigenvalue weighted by Gasteiger charge is -1.90. The van der Waals surface area contributed by atoms with Crippen LogP contribution in [0.25, 0.3) is 10.6 Å². The maximum absolute atomic E-state index is 10.6. The number of carboxylic acid groups (broad SMARTS) is 1. The van der Waals surface area contributed by atoms with Crippen molar-refractivity contribution in [3.8, 4) is 10.6 Å². The predicted octanol–water partition coefficient (Wildman–Crippen LogP) is 3.17. The molecule has 2 rings (SSSR count). The maximum atomic E-state index is 10.6. The van der Waals surface area contributed by atoms with Crippen LogP contribution in [0.1, 0.15) is 16.1 Å². The Kier molecular flexibility index (Phi) is 2.62. The molecule has 15 heavy (non-hydrogen) atoms. The molecule has 0 saturated heterocycles. The SMILES string of the molecule is Cc1csc(-c2cc(C(=O)O)no2)c1Br. The van der Waals surface area contributed by atoms with E-state index >= 15 is 0 Å². The van der Waals surface area contributed by atoms with Gasteiger partial charge in [-0.05, 0) is 33.8 Å². The van der Waals surface area contributed by atoms with Crippen LogP contribution in [-0.2, 0) is 0 Å². The summed E-state index contributed by atoms with van der Waals surface area (Å²) in [5.74, 6) is -0.619.